The second-order valence-corrected chi connectivity index (χ2v) is 2.09. The molecule has 54 valence electrons. The van der Waals surface area contributed by atoms with Gasteiger partial charge >= 0.3 is 0 Å². The Labute approximate surface area is 59.0 Å². The van der Waals surface area contributed by atoms with E-state index < -0.39 is 5.91 Å². The average Bonchev–Trinajstić information content (AvgIpc) is 1.88. The fourth-order valence-electron chi connectivity index (χ4n) is 0.742. The van der Waals surface area contributed by atoms with Crippen LogP contribution in [0, 0.1) is 0 Å². The fourth-order valence-corrected chi connectivity index (χ4v) is 0.742. The Bertz CT molecular complexity index is 207. The van der Waals surface area contributed by atoms with Crippen molar-refractivity contribution in [3.8, 4) is 0 Å². The average molecular weight is 139 g/mol. The van der Waals surface area contributed by atoms with Gasteiger partial charge in [-0.15, -0.1) is 0 Å². The van der Waals surface area contributed by atoms with Crippen molar-refractivity contribution in [1.82, 2.24) is 4.90 Å². The van der Waals surface area contributed by atoms with Gasteiger partial charge in [-0.2, -0.15) is 0 Å². The molecule has 0 fully saturated rings. The first-order valence-electron chi connectivity index (χ1n) is 2.94. The maximum atomic E-state index is 10.6. The van der Waals surface area contributed by atoms with E-state index in [1.165, 1.54) is 6.20 Å². The molecule has 1 amide bonds. The number of hydrogen-bond donors (Lipinski definition) is 1. The van der Waals surface area contributed by atoms with Crippen LogP contribution in [0.2, 0.25) is 0 Å². The normalized spacial score (nSPS) is 16.9. The standard InChI is InChI=1S/C6H9N3O/c1-9-3-2-8-4-5(9)6(7)10/h2,4H,3H2,1H3,(H2,7,10). The van der Waals surface area contributed by atoms with Gasteiger partial charge in [-0.1, -0.05) is 0 Å². The first-order valence-corrected chi connectivity index (χ1v) is 2.94. The van der Waals surface area contributed by atoms with E-state index >= 15 is 0 Å². The molecule has 1 rings (SSSR count). The maximum absolute atomic E-state index is 10.6. The van der Waals surface area contributed by atoms with Crippen LogP contribution in [0.1, 0.15) is 0 Å². The van der Waals surface area contributed by atoms with E-state index in [1.807, 2.05) is 0 Å². The molecule has 0 bridgehead atoms. The summed E-state index contributed by atoms with van der Waals surface area (Å²) in [6.07, 6.45) is 3.18. The lowest BCUT2D eigenvalue weighted by Crippen LogP contribution is -2.31. The van der Waals surface area contributed by atoms with Gasteiger partial charge in [0, 0.05) is 13.3 Å². The zero-order valence-corrected chi connectivity index (χ0v) is 5.74. The van der Waals surface area contributed by atoms with Crippen LogP contribution in [0.15, 0.2) is 16.9 Å². The summed E-state index contributed by atoms with van der Waals surface area (Å²) in [5.74, 6) is -0.431. The third-order valence-electron chi connectivity index (χ3n) is 1.32. The van der Waals surface area contributed by atoms with Gasteiger partial charge in [0.05, 0.1) is 12.7 Å². The predicted molar refractivity (Wildman–Crippen MR) is 38.4 cm³/mol. The Morgan fingerprint density at radius 3 is 3.00 bits per heavy atom. The number of nitrogens with two attached hydrogens (primary N) is 1. The zero-order chi connectivity index (χ0) is 7.56. The summed E-state index contributed by atoms with van der Waals surface area (Å²) < 4.78 is 0. The van der Waals surface area contributed by atoms with Crippen molar-refractivity contribution in [3.05, 3.63) is 11.9 Å². The lowest BCUT2D eigenvalue weighted by atomic mass is 10.3. The molecule has 0 aromatic carbocycles. The lowest BCUT2D eigenvalue weighted by molar-refractivity contribution is -0.115. The number of primary amides is 1. The highest BCUT2D eigenvalue weighted by Gasteiger charge is 2.10. The van der Waals surface area contributed by atoms with Gasteiger partial charge in [-0.25, -0.2) is 0 Å². The van der Waals surface area contributed by atoms with E-state index in [0.717, 1.165) is 0 Å². The van der Waals surface area contributed by atoms with E-state index in [-0.39, 0.29) is 0 Å². The minimum Gasteiger partial charge on any atom is -0.364 e. The van der Waals surface area contributed by atoms with Crippen LogP contribution < -0.4 is 5.73 Å². The molecule has 0 radical (unpaired) electrons. The number of carbonyl (C=O) groups is 1. The molecule has 0 atom stereocenters. The summed E-state index contributed by atoms with van der Waals surface area (Å²) >= 11 is 0. The van der Waals surface area contributed by atoms with Crippen LogP contribution in [0.5, 0.6) is 0 Å². The fraction of sp³-hybridized carbons (Fsp3) is 0.333. The van der Waals surface area contributed by atoms with Crippen molar-refractivity contribution < 1.29 is 4.79 Å². The number of amides is 1. The molecule has 4 heteroatoms. The Hall–Kier alpha value is -1.32. The Morgan fingerprint density at radius 2 is 2.60 bits per heavy atom. The molecular weight excluding hydrogens is 130 g/mol. The first kappa shape index (κ1) is 6.80. The van der Waals surface area contributed by atoms with Crippen LogP contribution >= 0.6 is 0 Å². The van der Waals surface area contributed by atoms with Gasteiger partial charge in [0.1, 0.15) is 5.70 Å². The molecule has 0 saturated carbocycles. The third-order valence-corrected chi connectivity index (χ3v) is 1.32. The minimum atomic E-state index is -0.431. The number of aliphatic imine (C=N–C) groups is 1. The highest BCUT2D eigenvalue weighted by Crippen LogP contribution is 2.02. The van der Waals surface area contributed by atoms with Crippen LogP contribution in [0.25, 0.3) is 0 Å². The van der Waals surface area contributed by atoms with Crippen molar-refractivity contribution in [2.45, 2.75) is 0 Å². The van der Waals surface area contributed by atoms with E-state index in [2.05, 4.69) is 4.99 Å². The first-order chi connectivity index (χ1) is 4.72. The lowest BCUT2D eigenvalue weighted by Gasteiger charge is -2.19. The topological polar surface area (TPSA) is 58.7 Å². The zero-order valence-electron chi connectivity index (χ0n) is 5.74. The number of likely N-dealkylation sites (N-methyl/N-ethyl adjacent to an activating group) is 1. The minimum absolute atomic E-state index is 0.431. The largest absolute Gasteiger partial charge is 0.364 e. The van der Waals surface area contributed by atoms with Crippen molar-refractivity contribution >= 4 is 12.1 Å². The number of rotatable bonds is 1. The Balaban J connectivity index is 2.80. The summed E-state index contributed by atoms with van der Waals surface area (Å²) in [6.45, 7) is 0.648. The Kier molecular flexibility index (Phi) is 1.71. The van der Waals surface area contributed by atoms with Crippen molar-refractivity contribution in [3.63, 3.8) is 0 Å². The van der Waals surface area contributed by atoms with Gasteiger partial charge in [-0.3, -0.25) is 9.79 Å². The molecule has 0 aliphatic carbocycles. The molecular formula is C6H9N3O. The highest BCUT2D eigenvalue weighted by molar-refractivity contribution is 5.92. The molecule has 0 unspecified atom stereocenters. The predicted octanol–water partition coefficient (Wildman–Crippen LogP) is -0.671. The molecule has 10 heavy (non-hydrogen) atoms. The van der Waals surface area contributed by atoms with Crippen molar-refractivity contribution in [2.75, 3.05) is 13.6 Å². The second kappa shape index (κ2) is 2.51. The Morgan fingerprint density at radius 1 is 1.90 bits per heavy atom. The van der Waals surface area contributed by atoms with Crippen molar-refractivity contribution in [2.24, 2.45) is 10.7 Å². The maximum Gasteiger partial charge on any atom is 0.266 e. The number of carbonyl (C=O) groups excluding carboxylic acids is 1. The molecule has 1 aliphatic rings. The second-order valence-electron chi connectivity index (χ2n) is 2.09. The van der Waals surface area contributed by atoms with Crippen LogP contribution in [0.3, 0.4) is 0 Å². The van der Waals surface area contributed by atoms with Crippen LogP contribution in [0.4, 0.5) is 0 Å². The van der Waals surface area contributed by atoms with E-state index in [9.17, 15) is 4.79 Å². The molecule has 0 spiro atoms. The quantitative estimate of drug-likeness (QED) is 0.523. The molecule has 0 aromatic heterocycles. The highest BCUT2D eigenvalue weighted by atomic mass is 16.1. The smallest absolute Gasteiger partial charge is 0.266 e. The van der Waals surface area contributed by atoms with Gasteiger partial charge in [0.25, 0.3) is 5.91 Å². The molecule has 0 aromatic rings. The van der Waals surface area contributed by atoms with Crippen molar-refractivity contribution in [1.29, 1.82) is 0 Å². The molecule has 1 aliphatic heterocycles. The third kappa shape index (κ3) is 1.15. The summed E-state index contributed by atoms with van der Waals surface area (Å²) in [6, 6.07) is 0. The van der Waals surface area contributed by atoms with E-state index in [1.54, 1.807) is 18.2 Å². The summed E-state index contributed by atoms with van der Waals surface area (Å²) in [7, 11) is 1.79. The summed E-state index contributed by atoms with van der Waals surface area (Å²) in [5.41, 5.74) is 5.50. The van der Waals surface area contributed by atoms with Gasteiger partial charge < -0.3 is 10.6 Å². The summed E-state index contributed by atoms with van der Waals surface area (Å²) in [4.78, 5) is 16.1. The monoisotopic (exact) mass is 139 g/mol. The van der Waals surface area contributed by atoms with E-state index in [4.69, 9.17) is 5.73 Å². The molecule has 0 saturated heterocycles. The molecule has 2 N–H and O–H groups in total. The summed E-state index contributed by atoms with van der Waals surface area (Å²) in [5, 5.41) is 0. The molecule has 4 nitrogen and oxygen atoms in total. The van der Waals surface area contributed by atoms with E-state index in [0.29, 0.717) is 12.2 Å². The number of hydrogen-bond acceptors (Lipinski definition) is 3. The number of nitrogens with zero attached hydrogens (tertiary/aromatic N) is 2. The van der Waals surface area contributed by atoms with Gasteiger partial charge in [-0.05, 0) is 0 Å². The SMILES string of the molecule is CN1CC=NC=C1C(N)=O. The van der Waals surface area contributed by atoms with Gasteiger partial charge in [0.2, 0.25) is 0 Å². The van der Waals surface area contributed by atoms with Crippen LogP contribution in [-0.4, -0.2) is 30.6 Å². The van der Waals surface area contributed by atoms with Crippen LogP contribution in [-0.2, 0) is 4.79 Å². The van der Waals surface area contributed by atoms with Gasteiger partial charge in [0.15, 0.2) is 0 Å². The molecule has 1 heterocycles.